The maximum Gasteiger partial charge on any atom is 0.131 e. The van der Waals surface area contributed by atoms with Gasteiger partial charge in [-0.25, -0.2) is 9.37 Å². The molecule has 0 aliphatic carbocycles. The lowest BCUT2D eigenvalue weighted by Gasteiger charge is -2.09. The molecule has 0 aliphatic heterocycles. The van der Waals surface area contributed by atoms with Crippen molar-refractivity contribution in [2.24, 2.45) is 0 Å². The second-order valence-electron chi connectivity index (χ2n) is 3.80. The van der Waals surface area contributed by atoms with Gasteiger partial charge < -0.3 is 5.32 Å². The highest BCUT2D eigenvalue weighted by Crippen LogP contribution is 2.18. The molecule has 17 heavy (non-hydrogen) atoms. The van der Waals surface area contributed by atoms with Gasteiger partial charge in [-0.2, -0.15) is 0 Å². The summed E-state index contributed by atoms with van der Waals surface area (Å²) < 4.78 is 12.7. The Morgan fingerprint density at radius 1 is 1.29 bits per heavy atom. The number of hydrogen-bond donors (Lipinski definition) is 1. The minimum Gasteiger partial charge on any atom is -0.381 e. The summed E-state index contributed by atoms with van der Waals surface area (Å²) in [6.45, 7) is 2.58. The summed E-state index contributed by atoms with van der Waals surface area (Å²) in [7, 11) is 0. The number of benzene rings is 1. The van der Waals surface area contributed by atoms with Crippen LogP contribution in [0.4, 0.5) is 10.1 Å². The standard InChI is InChI=1S/C13H12ClFN2/c1-9-7-17-13(14)6-12(9)16-8-10-2-4-11(15)5-3-10/h2-7H,8H2,1H3,(H,16,17). The van der Waals surface area contributed by atoms with Crippen molar-refractivity contribution in [1.82, 2.24) is 4.98 Å². The zero-order chi connectivity index (χ0) is 12.3. The van der Waals surface area contributed by atoms with Crippen molar-refractivity contribution in [3.8, 4) is 0 Å². The highest BCUT2D eigenvalue weighted by Gasteiger charge is 2.00. The van der Waals surface area contributed by atoms with Gasteiger partial charge in [0.15, 0.2) is 0 Å². The van der Waals surface area contributed by atoms with Crippen LogP contribution < -0.4 is 5.32 Å². The molecule has 0 saturated carbocycles. The van der Waals surface area contributed by atoms with Crippen molar-refractivity contribution in [2.75, 3.05) is 5.32 Å². The SMILES string of the molecule is Cc1cnc(Cl)cc1NCc1ccc(F)cc1. The second kappa shape index (κ2) is 5.15. The van der Waals surface area contributed by atoms with Crippen LogP contribution in [-0.4, -0.2) is 4.98 Å². The Labute approximate surface area is 104 Å². The Bertz CT molecular complexity index is 511. The molecule has 0 unspecified atom stereocenters. The molecule has 1 heterocycles. The number of aryl methyl sites for hydroxylation is 1. The number of aromatic nitrogens is 1. The molecule has 0 fully saturated rings. The van der Waals surface area contributed by atoms with Gasteiger partial charge in [-0.3, -0.25) is 0 Å². The summed E-state index contributed by atoms with van der Waals surface area (Å²) >= 11 is 5.82. The minimum absolute atomic E-state index is 0.225. The smallest absolute Gasteiger partial charge is 0.131 e. The van der Waals surface area contributed by atoms with E-state index in [4.69, 9.17) is 11.6 Å². The molecule has 88 valence electrons. The monoisotopic (exact) mass is 250 g/mol. The highest BCUT2D eigenvalue weighted by atomic mass is 35.5. The lowest BCUT2D eigenvalue weighted by Crippen LogP contribution is -2.01. The molecule has 2 nitrogen and oxygen atoms in total. The molecule has 1 aromatic carbocycles. The molecule has 0 aliphatic rings. The number of pyridine rings is 1. The van der Waals surface area contributed by atoms with Gasteiger partial charge in [-0.1, -0.05) is 23.7 Å². The number of rotatable bonds is 3. The maximum atomic E-state index is 12.7. The predicted octanol–water partition coefficient (Wildman–Crippen LogP) is 3.79. The summed E-state index contributed by atoms with van der Waals surface area (Å²) in [5, 5.41) is 3.70. The van der Waals surface area contributed by atoms with Gasteiger partial charge in [-0.05, 0) is 36.2 Å². The first-order chi connectivity index (χ1) is 8.15. The third-order valence-electron chi connectivity index (χ3n) is 2.47. The van der Waals surface area contributed by atoms with Crippen LogP contribution in [0.3, 0.4) is 0 Å². The molecule has 0 atom stereocenters. The second-order valence-corrected chi connectivity index (χ2v) is 4.19. The van der Waals surface area contributed by atoms with Crippen molar-refractivity contribution in [3.05, 3.63) is 58.6 Å². The van der Waals surface area contributed by atoms with Crippen LogP contribution in [0.1, 0.15) is 11.1 Å². The van der Waals surface area contributed by atoms with Crippen LogP contribution in [0.25, 0.3) is 0 Å². The quantitative estimate of drug-likeness (QED) is 0.839. The maximum absolute atomic E-state index is 12.7. The van der Waals surface area contributed by atoms with E-state index in [1.54, 1.807) is 24.4 Å². The molecule has 0 saturated heterocycles. The Balaban J connectivity index is 2.07. The van der Waals surface area contributed by atoms with Crippen molar-refractivity contribution in [1.29, 1.82) is 0 Å². The molecule has 0 bridgehead atoms. The van der Waals surface area contributed by atoms with Crippen LogP contribution in [0.5, 0.6) is 0 Å². The summed E-state index contributed by atoms with van der Waals surface area (Å²) in [6.07, 6.45) is 1.72. The minimum atomic E-state index is -0.225. The van der Waals surface area contributed by atoms with Crippen LogP contribution in [-0.2, 0) is 6.54 Å². The van der Waals surface area contributed by atoms with E-state index in [0.717, 1.165) is 16.8 Å². The van der Waals surface area contributed by atoms with E-state index < -0.39 is 0 Å². The van der Waals surface area contributed by atoms with Crippen molar-refractivity contribution in [3.63, 3.8) is 0 Å². The van der Waals surface area contributed by atoms with Crippen molar-refractivity contribution < 1.29 is 4.39 Å². The Hall–Kier alpha value is -1.61. The van der Waals surface area contributed by atoms with Gasteiger partial charge in [0.25, 0.3) is 0 Å². The fraction of sp³-hybridized carbons (Fsp3) is 0.154. The zero-order valence-electron chi connectivity index (χ0n) is 9.37. The third-order valence-corrected chi connectivity index (χ3v) is 2.67. The first kappa shape index (κ1) is 11.9. The number of hydrogen-bond acceptors (Lipinski definition) is 2. The normalized spacial score (nSPS) is 10.3. The Morgan fingerprint density at radius 2 is 2.00 bits per heavy atom. The number of nitrogens with zero attached hydrogens (tertiary/aromatic N) is 1. The van der Waals surface area contributed by atoms with E-state index in [9.17, 15) is 4.39 Å². The summed E-state index contributed by atoms with van der Waals surface area (Å²) in [4.78, 5) is 3.98. The fourth-order valence-electron chi connectivity index (χ4n) is 1.49. The highest BCUT2D eigenvalue weighted by molar-refractivity contribution is 6.29. The molecule has 0 radical (unpaired) electrons. The molecule has 2 rings (SSSR count). The number of nitrogens with one attached hydrogen (secondary N) is 1. The van der Waals surface area contributed by atoms with Gasteiger partial charge in [-0.15, -0.1) is 0 Å². The van der Waals surface area contributed by atoms with E-state index in [1.807, 2.05) is 6.92 Å². The molecular formula is C13H12ClFN2. The molecule has 0 spiro atoms. The molecule has 0 amide bonds. The van der Waals surface area contributed by atoms with Crippen LogP contribution >= 0.6 is 11.6 Å². The lowest BCUT2D eigenvalue weighted by molar-refractivity contribution is 0.627. The van der Waals surface area contributed by atoms with E-state index in [2.05, 4.69) is 10.3 Å². The molecule has 1 N–H and O–H groups in total. The average molecular weight is 251 g/mol. The van der Waals surface area contributed by atoms with Crippen molar-refractivity contribution in [2.45, 2.75) is 13.5 Å². The largest absolute Gasteiger partial charge is 0.381 e. The predicted molar refractivity (Wildman–Crippen MR) is 67.7 cm³/mol. The molecule has 4 heteroatoms. The van der Waals surface area contributed by atoms with E-state index in [1.165, 1.54) is 12.1 Å². The van der Waals surface area contributed by atoms with Gasteiger partial charge >= 0.3 is 0 Å². The van der Waals surface area contributed by atoms with Gasteiger partial charge in [0.1, 0.15) is 11.0 Å². The van der Waals surface area contributed by atoms with Crippen LogP contribution in [0.15, 0.2) is 36.5 Å². The summed E-state index contributed by atoms with van der Waals surface area (Å²) in [5.41, 5.74) is 2.98. The van der Waals surface area contributed by atoms with Crippen LogP contribution in [0.2, 0.25) is 5.15 Å². The molecule has 1 aromatic heterocycles. The third kappa shape index (κ3) is 3.17. The molecule has 2 aromatic rings. The van der Waals surface area contributed by atoms with E-state index in [-0.39, 0.29) is 5.82 Å². The first-order valence-corrected chi connectivity index (χ1v) is 5.63. The zero-order valence-corrected chi connectivity index (χ0v) is 10.1. The van der Waals surface area contributed by atoms with Crippen molar-refractivity contribution >= 4 is 17.3 Å². The van der Waals surface area contributed by atoms with E-state index >= 15 is 0 Å². The number of anilines is 1. The number of halogens is 2. The topological polar surface area (TPSA) is 24.9 Å². The van der Waals surface area contributed by atoms with Gasteiger partial charge in [0.2, 0.25) is 0 Å². The van der Waals surface area contributed by atoms with Gasteiger partial charge in [0.05, 0.1) is 0 Å². The van der Waals surface area contributed by atoms with Crippen LogP contribution in [0, 0.1) is 12.7 Å². The Kier molecular flexibility index (Phi) is 3.59. The lowest BCUT2D eigenvalue weighted by atomic mass is 10.2. The Morgan fingerprint density at radius 3 is 2.71 bits per heavy atom. The van der Waals surface area contributed by atoms with Gasteiger partial charge in [0, 0.05) is 18.4 Å². The molecular weight excluding hydrogens is 239 g/mol. The fourth-order valence-corrected chi connectivity index (χ4v) is 1.65. The summed E-state index contributed by atoms with van der Waals surface area (Å²) in [5.74, 6) is -0.225. The summed E-state index contributed by atoms with van der Waals surface area (Å²) in [6, 6.07) is 8.17. The average Bonchev–Trinajstić information content (AvgIpc) is 2.32. The first-order valence-electron chi connectivity index (χ1n) is 5.25. The van der Waals surface area contributed by atoms with E-state index in [0.29, 0.717) is 11.7 Å².